The maximum absolute atomic E-state index is 12.9. The average molecular weight is 350 g/mol. The van der Waals surface area contributed by atoms with E-state index in [4.69, 9.17) is 0 Å². The molecular weight excluding hydrogens is 318 g/mol. The van der Waals surface area contributed by atoms with Crippen molar-refractivity contribution in [3.05, 3.63) is 30.3 Å². The molecule has 24 heavy (non-hydrogen) atoms. The Kier molecular flexibility index (Phi) is 5.36. The van der Waals surface area contributed by atoms with Crippen LogP contribution in [0.4, 0.5) is 0 Å². The molecule has 1 saturated heterocycles. The van der Waals surface area contributed by atoms with Crippen LogP contribution >= 0.6 is 0 Å². The van der Waals surface area contributed by atoms with E-state index in [1.54, 1.807) is 24.3 Å². The van der Waals surface area contributed by atoms with Gasteiger partial charge in [0.1, 0.15) is 0 Å². The Labute approximate surface area is 147 Å². The Balaban J connectivity index is 1.61. The molecule has 0 spiro atoms. The summed E-state index contributed by atoms with van der Waals surface area (Å²) >= 11 is 0. The highest BCUT2D eigenvalue weighted by atomic mass is 32.2. The van der Waals surface area contributed by atoms with Crippen LogP contribution in [-0.4, -0.2) is 37.7 Å². The van der Waals surface area contributed by atoms with E-state index in [0.717, 1.165) is 24.9 Å². The molecule has 2 atom stereocenters. The number of fused-ring (bicyclic) bond motifs is 1. The maximum atomic E-state index is 12.9. The number of likely N-dealkylation sites (tertiary alicyclic amines) is 1. The number of piperidine rings is 1. The largest absolute Gasteiger partial charge is 0.303 e. The Hall–Kier alpha value is -0.870. The SMILES string of the molecule is CC(C)(CCN1CCC2CCCC[C@@H]2C1)S(=O)(=O)c1ccccc1. The number of hydrogen-bond acceptors (Lipinski definition) is 3. The van der Waals surface area contributed by atoms with Crippen molar-refractivity contribution in [3.63, 3.8) is 0 Å². The van der Waals surface area contributed by atoms with Crippen molar-refractivity contribution in [1.29, 1.82) is 0 Å². The highest BCUT2D eigenvalue weighted by molar-refractivity contribution is 7.92. The van der Waals surface area contributed by atoms with Crippen LogP contribution in [0.1, 0.15) is 52.4 Å². The molecule has 4 heteroatoms. The van der Waals surface area contributed by atoms with Gasteiger partial charge < -0.3 is 4.90 Å². The van der Waals surface area contributed by atoms with Gasteiger partial charge in [0.15, 0.2) is 9.84 Å². The van der Waals surface area contributed by atoms with Crippen LogP contribution in [0.15, 0.2) is 35.2 Å². The van der Waals surface area contributed by atoms with Crippen molar-refractivity contribution in [3.8, 4) is 0 Å². The third-order valence-electron chi connectivity index (χ3n) is 6.19. The molecular formula is C20H31NO2S. The topological polar surface area (TPSA) is 37.4 Å². The van der Waals surface area contributed by atoms with Gasteiger partial charge in [0.25, 0.3) is 0 Å². The zero-order valence-corrected chi connectivity index (χ0v) is 15.9. The first kappa shape index (κ1) is 17.9. The second-order valence-corrected chi connectivity index (χ2v) is 10.8. The fourth-order valence-corrected chi connectivity index (χ4v) is 5.87. The van der Waals surface area contributed by atoms with E-state index in [1.807, 2.05) is 19.9 Å². The van der Waals surface area contributed by atoms with E-state index in [-0.39, 0.29) is 0 Å². The first-order chi connectivity index (χ1) is 11.4. The molecule has 1 aromatic rings. The van der Waals surface area contributed by atoms with E-state index in [0.29, 0.717) is 11.3 Å². The van der Waals surface area contributed by atoms with Crippen LogP contribution in [0.2, 0.25) is 0 Å². The van der Waals surface area contributed by atoms with Crippen LogP contribution in [0.3, 0.4) is 0 Å². The summed E-state index contributed by atoms with van der Waals surface area (Å²) in [6, 6.07) is 8.89. The minimum atomic E-state index is -3.29. The quantitative estimate of drug-likeness (QED) is 0.802. The molecule has 1 saturated carbocycles. The minimum Gasteiger partial charge on any atom is -0.303 e. The molecule has 1 aliphatic carbocycles. The predicted molar refractivity (Wildman–Crippen MR) is 98.8 cm³/mol. The number of hydrogen-bond donors (Lipinski definition) is 0. The van der Waals surface area contributed by atoms with Gasteiger partial charge in [-0.05, 0) is 70.2 Å². The van der Waals surface area contributed by atoms with Gasteiger partial charge in [0.2, 0.25) is 0 Å². The Morgan fingerprint density at radius 2 is 1.71 bits per heavy atom. The first-order valence-corrected chi connectivity index (χ1v) is 10.9. The molecule has 0 radical (unpaired) electrons. The van der Waals surface area contributed by atoms with E-state index in [1.165, 1.54) is 38.6 Å². The normalized spacial score (nSPS) is 26.1. The standard InChI is InChI=1S/C20H31NO2S/c1-20(2,24(22,23)19-10-4-3-5-11-19)13-15-21-14-12-17-8-6-7-9-18(17)16-21/h3-5,10-11,17-18H,6-9,12-16H2,1-2H3/t17?,18-/m1/s1. The highest BCUT2D eigenvalue weighted by Gasteiger charge is 2.37. The number of nitrogens with zero attached hydrogens (tertiary/aromatic N) is 1. The predicted octanol–water partition coefficient (Wildman–Crippen LogP) is 4.14. The molecule has 1 aromatic carbocycles. The van der Waals surface area contributed by atoms with Crippen molar-refractivity contribution in [1.82, 2.24) is 4.90 Å². The van der Waals surface area contributed by atoms with E-state index in [9.17, 15) is 8.42 Å². The van der Waals surface area contributed by atoms with Gasteiger partial charge in [0, 0.05) is 6.54 Å². The Bertz CT molecular complexity index is 639. The molecule has 134 valence electrons. The third-order valence-corrected chi connectivity index (χ3v) is 8.74. The fourth-order valence-electron chi connectivity index (χ4n) is 4.36. The van der Waals surface area contributed by atoms with Gasteiger partial charge in [-0.1, -0.05) is 37.5 Å². The van der Waals surface area contributed by atoms with Gasteiger partial charge in [-0.15, -0.1) is 0 Å². The van der Waals surface area contributed by atoms with E-state index < -0.39 is 14.6 Å². The molecule has 3 rings (SSSR count). The molecule has 2 aliphatic rings. The zero-order chi connectivity index (χ0) is 17.2. The molecule has 3 nitrogen and oxygen atoms in total. The lowest BCUT2D eigenvalue weighted by Gasteiger charge is -2.42. The van der Waals surface area contributed by atoms with E-state index in [2.05, 4.69) is 4.90 Å². The summed E-state index contributed by atoms with van der Waals surface area (Å²) in [6.07, 6.45) is 7.56. The lowest BCUT2D eigenvalue weighted by atomic mass is 9.75. The molecule has 0 aromatic heterocycles. The summed E-state index contributed by atoms with van der Waals surface area (Å²) < 4.78 is 25.1. The average Bonchev–Trinajstić information content (AvgIpc) is 2.60. The van der Waals surface area contributed by atoms with Crippen LogP contribution in [-0.2, 0) is 9.84 Å². The number of rotatable bonds is 5. The molecule has 0 amide bonds. The van der Waals surface area contributed by atoms with Crippen LogP contribution < -0.4 is 0 Å². The lowest BCUT2D eigenvalue weighted by molar-refractivity contribution is 0.0845. The fraction of sp³-hybridized carbons (Fsp3) is 0.700. The summed E-state index contributed by atoms with van der Waals surface area (Å²) in [5.74, 6) is 1.78. The molecule has 1 aliphatic heterocycles. The maximum Gasteiger partial charge on any atom is 0.183 e. The molecule has 1 unspecified atom stereocenters. The van der Waals surface area contributed by atoms with E-state index >= 15 is 0 Å². The molecule has 1 heterocycles. The number of sulfone groups is 1. The van der Waals surface area contributed by atoms with Crippen molar-refractivity contribution in [2.24, 2.45) is 11.8 Å². The van der Waals surface area contributed by atoms with Crippen molar-refractivity contribution >= 4 is 9.84 Å². The summed E-state index contributed by atoms with van der Waals surface area (Å²) in [5, 5.41) is 0. The smallest absolute Gasteiger partial charge is 0.183 e. The van der Waals surface area contributed by atoms with Gasteiger partial charge in [0.05, 0.1) is 9.64 Å². The van der Waals surface area contributed by atoms with Crippen molar-refractivity contribution in [2.75, 3.05) is 19.6 Å². The Morgan fingerprint density at radius 1 is 1.04 bits per heavy atom. The second-order valence-electron chi connectivity index (χ2n) is 8.22. The highest BCUT2D eigenvalue weighted by Crippen LogP contribution is 2.36. The van der Waals surface area contributed by atoms with Gasteiger partial charge >= 0.3 is 0 Å². The van der Waals surface area contributed by atoms with Gasteiger partial charge in [-0.2, -0.15) is 0 Å². The molecule has 0 bridgehead atoms. The van der Waals surface area contributed by atoms with Crippen LogP contribution in [0, 0.1) is 11.8 Å². The summed E-state index contributed by atoms with van der Waals surface area (Å²) in [5.41, 5.74) is 0. The van der Waals surface area contributed by atoms with Crippen molar-refractivity contribution < 1.29 is 8.42 Å². The second kappa shape index (κ2) is 7.17. The Morgan fingerprint density at radius 3 is 2.42 bits per heavy atom. The number of benzene rings is 1. The third kappa shape index (κ3) is 3.70. The summed E-state index contributed by atoms with van der Waals surface area (Å²) in [6.45, 7) is 6.96. The monoisotopic (exact) mass is 349 g/mol. The summed E-state index contributed by atoms with van der Waals surface area (Å²) in [7, 11) is -3.29. The first-order valence-electron chi connectivity index (χ1n) is 9.42. The lowest BCUT2D eigenvalue weighted by Crippen LogP contribution is -2.44. The molecule has 2 fully saturated rings. The zero-order valence-electron chi connectivity index (χ0n) is 15.1. The van der Waals surface area contributed by atoms with Gasteiger partial charge in [-0.3, -0.25) is 0 Å². The van der Waals surface area contributed by atoms with Gasteiger partial charge in [-0.25, -0.2) is 8.42 Å². The summed E-state index contributed by atoms with van der Waals surface area (Å²) in [4.78, 5) is 2.95. The minimum absolute atomic E-state index is 0.445. The van der Waals surface area contributed by atoms with Crippen LogP contribution in [0.5, 0.6) is 0 Å². The van der Waals surface area contributed by atoms with Crippen LogP contribution in [0.25, 0.3) is 0 Å². The molecule has 0 N–H and O–H groups in total. The van der Waals surface area contributed by atoms with Crippen molar-refractivity contribution in [2.45, 2.75) is 62.0 Å².